The quantitative estimate of drug-likeness (QED) is 0.408. The molecule has 0 aliphatic carbocycles. The fourth-order valence-electron chi connectivity index (χ4n) is 2.49. The molecule has 0 aromatic heterocycles. The summed E-state index contributed by atoms with van der Waals surface area (Å²) in [6, 6.07) is 22.3. The predicted molar refractivity (Wildman–Crippen MR) is 115 cm³/mol. The smallest absolute Gasteiger partial charge is 0.339 e. The van der Waals surface area contributed by atoms with Crippen LogP contribution in [0.4, 0.5) is 0 Å². The predicted octanol–water partition coefficient (Wildman–Crippen LogP) is 5.06. The van der Waals surface area contributed by atoms with E-state index in [-0.39, 0.29) is 16.4 Å². The van der Waals surface area contributed by atoms with Crippen LogP contribution in [0.5, 0.6) is 5.75 Å². The second-order valence-electron chi connectivity index (χ2n) is 6.40. The number of hydrogen-bond donors (Lipinski definition) is 0. The van der Waals surface area contributed by atoms with Crippen molar-refractivity contribution in [1.82, 2.24) is 0 Å². The van der Waals surface area contributed by atoms with E-state index < -0.39 is 10.1 Å². The van der Waals surface area contributed by atoms with E-state index in [0.717, 1.165) is 16.7 Å². The first kappa shape index (κ1) is 20.3. The van der Waals surface area contributed by atoms with Gasteiger partial charge in [0.15, 0.2) is 5.78 Å². The standard InChI is InChI=1S/C24H20O4S/c1-19-7-9-20(10-8-19)11-15-22(25)16-12-21-13-17-23(18-14-21)28-29(26,27)24-5-3-2-4-6-24/h2-18H,1H3/b15-11+,16-12+. The van der Waals surface area contributed by atoms with Crippen molar-refractivity contribution in [2.24, 2.45) is 0 Å². The number of ketones is 1. The van der Waals surface area contributed by atoms with Gasteiger partial charge in [-0.15, -0.1) is 0 Å². The van der Waals surface area contributed by atoms with Crippen LogP contribution in [0.3, 0.4) is 0 Å². The largest absolute Gasteiger partial charge is 0.379 e. The molecule has 0 bridgehead atoms. The number of hydrogen-bond acceptors (Lipinski definition) is 4. The Labute approximate surface area is 170 Å². The summed E-state index contributed by atoms with van der Waals surface area (Å²) in [5.41, 5.74) is 2.88. The van der Waals surface area contributed by atoms with Gasteiger partial charge >= 0.3 is 10.1 Å². The van der Waals surface area contributed by atoms with Crippen molar-refractivity contribution in [3.05, 3.63) is 108 Å². The third-order valence-corrected chi connectivity index (χ3v) is 5.34. The highest BCUT2D eigenvalue weighted by Gasteiger charge is 2.15. The number of carbonyl (C=O) groups is 1. The lowest BCUT2D eigenvalue weighted by atomic mass is 10.1. The van der Waals surface area contributed by atoms with E-state index in [1.165, 1.54) is 24.3 Å². The van der Waals surface area contributed by atoms with Crippen LogP contribution in [0, 0.1) is 6.92 Å². The molecular weight excluding hydrogens is 384 g/mol. The van der Waals surface area contributed by atoms with Crippen LogP contribution in [0.25, 0.3) is 12.2 Å². The highest BCUT2D eigenvalue weighted by molar-refractivity contribution is 7.87. The Morgan fingerprint density at radius 3 is 1.83 bits per heavy atom. The van der Waals surface area contributed by atoms with Crippen molar-refractivity contribution in [2.75, 3.05) is 0 Å². The number of carbonyl (C=O) groups excluding carboxylic acids is 1. The van der Waals surface area contributed by atoms with Gasteiger partial charge < -0.3 is 4.18 Å². The molecule has 0 amide bonds. The minimum absolute atomic E-state index is 0.0925. The minimum Gasteiger partial charge on any atom is -0.379 e. The van der Waals surface area contributed by atoms with Gasteiger partial charge in [0, 0.05) is 0 Å². The Morgan fingerprint density at radius 1 is 0.759 bits per heavy atom. The van der Waals surface area contributed by atoms with Gasteiger partial charge in [-0.25, -0.2) is 0 Å². The molecule has 0 fully saturated rings. The molecule has 3 aromatic carbocycles. The molecule has 0 unspecified atom stereocenters. The van der Waals surface area contributed by atoms with E-state index >= 15 is 0 Å². The van der Waals surface area contributed by atoms with Gasteiger partial charge in [0.2, 0.25) is 0 Å². The number of benzene rings is 3. The first-order chi connectivity index (χ1) is 13.9. The van der Waals surface area contributed by atoms with Gasteiger partial charge in [0.25, 0.3) is 0 Å². The Hall–Kier alpha value is -3.44. The SMILES string of the molecule is Cc1ccc(/C=C/C(=O)/C=C/c2ccc(OS(=O)(=O)c3ccccc3)cc2)cc1. The van der Waals surface area contributed by atoms with Crippen LogP contribution < -0.4 is 4.18 Å². The maximum atomic E-state index is 12.2. The van der Waals surface area contributed by atoms with Crippen LogP contribution in [0.15, 0.2) is 95.9 Å². The summed E-state index contributed by atoms with van der Waals surface area (Å²) < 4.78 is 29.6. The fraction of sp³-hybridized carbons (Fsp3) is 0.0417. The molecule has 0 radical (unpaired) electrons. The molecule has 3 rings (SSSR count). The molecule has 0 N–H and O–H groups in total. The average Bonchev–Trinajstić information content (AvgIpc) is 2.73. The summed E-state index contributed by atoms with van der Waals surface area (Å²) in [6.45, 7) is 2.01. The number of allylic oxidation sites excluding steroid dienone is 2. The molecule has 0 aliphatic heterocycles. The summed E-state index contributed by atoms with van der Waals surface area (Å²) in [5, 5.41) is 0. The number of aryl methyl sites for hydroxylation is 1. The Kier molecular flexibility index (Phi) is 6.42. The first-order valence-corrected chi connectivity index (χ1v) is 10.4. The highest BCUT2D eigenvalue weighted by atomic mass is 32.2. The van der Waals surface area contributed by atoms with E-state index in [4.69, 9.17) is 4.18 Å². The van der Waals surface area contributed by atoms with E-state index in [0.29, 0.717) is 0 Å². The normalized spacial score (nSPS) is 11.8. The van der Waals surface area contributed by atoms with Gasteiger partial charge in [-0.2, -0.15) is 8.42 Å². The summed E-state index contributed by atoms with van der Waals surface area (Å²) in [4.78, 5) is 12.1. The highest BCUT2D eigenvalue weighted by Crippen LogP contribution is 2.19. The molecule has 0 aliphatic rings. The van der Waals surface area contributed by atoms with Crippen LogP contribution in [-0.4, -0.2) is 14.2 Å². The molecule has 0 spiro atoms. The van der Waals surface area contributed by atoms with Gasteiger partial charge in [0.1, 0.15) is 10.6 Å². The van der Waals surface area contributed by atoms with E-state index in [2.05, 4.69) is 0 Å². The number of rotatable bonds is 7. The lowest BCUT2D eigenvalue weighted by Gasteiger charge is -2.06. The molecular formula is C24H20O4S. The molecule has 29 heavy (non-hydrogen) atoms. The van der Waals surface area contributed by atoms with Gasteiger partial charge in [-0.3, -0.25) is 4.79 Å². The van der Waals surface area contributed by atoms with Gasteiger partial charge in [-0.05, 0) is 54.5 Å². The van der Waals surface area contributed by atoms with Crippen LogP contribution in [0.1, 0.15) is 16.7 Å². The first-order valence-electron chi connectivity index (χ1n) is 8.99. The van der Waals surface area contributed by atoms with E-state index in [9.17, 15) is 13.2 Å². The third kappa shape index (κ3) is 6.02. The van der Waals surface area contributed by atoms with E-state index in [1.807, 2.05) is 31.2 Å². The van der Waals surface area contributed by atoms with Gasteiger partial charge in [0.05, 0.1) is 0 Å². The van der Waals surface area contributed by atoms with Crippen LogP contribution in [-0.2, 0) is 14.9 Å². The van der Waals surface area contributed by atoms with Crippen molar-refractivity contribution in [2.45, 2.75) is 11.8 Å². The zero-order valence-electron chi connectivity index (χ0n) is 15.9. The second-order valence-corrected chi connectivity index (χ2v) is 7.95. The summed E-state index contributed by atoms with van der Waals surface area (Å²) in [6.07, 6.45) is 6.39. The van der Waals surface area contributed by atoms with Crippen LogP contribution >= 0.6 is 0 Å². The Bertz CT molecular complexity index is 1130. The zero-order valence-corrected chi connectivity index (χ0v) is 16.7. The third-order valence-electron chi connectivity index (χ3n) is 4.08. The monoisotopic (exact) mass is 404 g/mol. The Morgan fingerprint density at radius 2 is 1.28 bits per heavy atom. The molecule has 0 saturated heterocycles. The summed E-state index contributed by atoms with van der Waals surface area (Å²) in [5.74, 6) is 0.0640. The van der Waals surface area contributed by atoms with Crippen molar-refractivity contribution in [3.8, 4) is 5.75 Å². The van der Waals surface area contributed by atoms with Crippen molar-refractivity contribution >= 4 is 28.1 Å². The van der Waals surface area contributed by atoms with Crippen LogP contribution in [0.2, 0.25) is 0 Å². The maximum Gasteiger partial charge on any atom is 0.339 e. The van der Waals surface area contributed by atoms with E-state index in [1.54, 1.807) is 54.6 Å². The molecule has 0 saturated carbocycles. The fourth-order valence-corrected chi connectivity index (χ4v) is 3.44. The molecule has 3 aromatic rings. The second kappa shape index (κ2) is 9.17. The summed E-state index contributed by atoms with van der Waals surface area (Å²) in [7, 11) is -3.87. The zero-order chi connectivity index (χ0) is 20.7. The molecule has 0 atom stereocenters. The molecule has 0 heterocycles. The van der Waals surface area contributed by atoms with Crippen molar-refractivity contribution < 1.29 is 17.4 Å². The molecule has 5 heteroatoms. The maximum absolute atomic E-state index is 12.2. The van der Waals surface area contributed by atoms with Gasteiger partial charge in [-0.1, -0.05) is 72.3 Å². The molecule has 4 nitrogen and oxygen atoms in total. The molecule has 146 valence electrons. The average molecular weight is 404 g/mol. The van der Waals surface area contributed by atoms with Crippen molar-refractivity contribution in [1.29, 1.82) is 0 Å². The topological polar surface area (TPSA) is 60.4 Å². The minimum atomic E-state index is -3.87. The lowest BCUT2D eigenvalue weighted by Crippen LogP contribution is -2.09. The van der Waals surface area contributed by atoms with Crippen molar-refractivity contribution in [3.63, 3.8) is 0 Å². The summed E-state index contributed by atoms with van der Waals surface area (Å²) >= 11 is 0. The Balaban J connectivity index is 1.61. The lowest BCUT2D eigenvalue weighted by molar-refractivity contribution is -0.110.